The van der Waals surface area contributed by atoms with Crippen molar-refractivity contribution in [3.05, 3.63) is 82.9 Å². The lowest BCUT2D eigenvalue weighted by atomic mass is 9.86. The van der Waals surface area contributed by atoms with Crippen molar-refractivity contribution in [2.45, 2.75) is 38.3 Å². The van der Waals surface area contributed by atoms with Crippen LogP contribution in [0.1, 0.15) is 49.4 Å². The summed E-state index contributed by atoms with van der Waals surface area (Å²) in [5.74, 6) is -0.136. The lowest BCUT2D eigenvalue weighted by Gasteiger charge is -2.22. The van der Waals surface area contributed by atoms with E-state index in [4.69, 9.17) is 11.6 Å². The second-order valence-corrected chi connectivity index (χ2v) is 6.75. The molecule has 0 heterocycles. The van der Waals surface area contributed by atoms with Gasteiger partial charge in [0.1, 0.15) is 6.17 Å². The maximum absolute atomic E-state index is 15.4. The number of fused-ring (bicyclic) bond motifs is 1. The Morgan fingerprint density at radius 2 is 1.54 bits per heavy atom. The second-order valence-electron chi connectivity index (χ2n) is 6.31. The minimum absolute atomic E-state index is 0.136. The summed E-state index contributed by atoms with van der Waals surface area (Å²) in [6, 6.07) is 21.6. The normalized spacial score (nSPS) is 13.8. The molecule has 124 valence electrons. The van der Waals surface area contributed by atoms with Crippen LogP contribution in [0.4, 0.5) is 4.39 Å². The van der Waals surface area contributed by atoms with Crippen LogP contribution >= 0.6 is 11.6 Å². The van der Waals surface area contributed by atoms with E-state index in [1.165, 1.54) is 0 Å². The van der Waals surface area contributed by atoms with Crippen LogP contribution in [0.3, 0.4) is 0 Å². The Labute approximate surface area is 148 Å². The van der Waals surface area contributed by atoms with Gasteiger partial charge in [-0.3, -0.25) is 0 Å². The van der Waals surface area contributed by atoms with Crippen LogP contribution in [-0.4, -0.2) is 0 Å². The van der Waals surface area contributed by atoms with Gasteiger partial charge in [-0.1, -0.05) is 79.9 Å². The van der Waals surface area contributed by atoms with Gasteiger partial charge in [0, 0.05) is 10.9 Å². The Bertz CT molecular complexity index is 794. The average molecular weight is 341 g/mol. The third-order valence-corrected chi connectivity index (χ3v) is 4.86. The summed E-state index contributed by atoms with van der Waals surface area (Å²) in [7, 11) is 0. The molecule has 0 saturated carbocycles. The Kier molecular flexibility index (Phi) is 5.52. The lowest BCUT2D eigenvalue weighted by molar-refractivity contribution is 0.274. The highest BCUT2D eigenvalue weighted by atomic mass is 35.5. The smallest absolute Gasteiger partial charge is 0.132 e. The zero-order chi connectivity index (χ0) is 16.9. The largest absolute Gasteiger partial charge is 0.242 e. The van der Waals surface area contributed by atoms with Crippen molar-refractivity contribution in [3.8, 4) is 0 Å². The van der Waals surface area contributed by atoms with Crippen molar-refractivity contribution < 1.29 is 4.39 Å². The zero-order valence-corrected chi connectivity index (χ0v) is 14.6. The van der Waals surface area contributed by atoms with Crippen LogP contribution in [0.5, 0.6) is 0 Å². The molecule has 0 radical (unpaired) electrons. The molecule has 0 nitrogen and oxygen atoms in total. The van der Waals surface area contributed by atoms with E-state index in [1.54, 1.807) is 0 Å². The highest BCUT2D eigenvalue weighted by Gasteiger charge is 2.24. The van der Waals surface area contributed by atoms with Crippen molar-refractivity contribution >= 4 is 22.4 Å². The molecule has 0 aliphatic carbocycles. The molecule has 0 aliphatic heterocycles. The number of rotatable bonds is 6. The molecule has 0 saturated heterocycles. The maximum Gasteiger partial charge on any atom is 0.132 e. The van der Waals surface area contributed by atoms with Gasteiger partial charge in [0.2, 0.25) is 0 Å². The van der Waals surface area contributed by atoms with Crippen LogP contribution in [-0.2, 0) is 0 Å². The van der Waals surface area contributed by atoms with E-state index < -0.39 is 6.17 Å². The first-order valence-corrected chi connectivity index (χ1v) is 8.95. The Balaban J connectivity index is 1.93. The van der Waals surface area contributed by atoms with Gasteiger partial charge in [-0.25, -0.2) is 4.39 Å². The molecule has 0 aromatic heterocycles. The van der Waals surface area contributed by atoms with Gasteiger partial charge >= 0.3 is 0 Å². The number of alkyl halides is 1. The number of hydrogen-bond acceptors (Lipinski definition) is 0. The summed E-state index contributed by atoms with van der Waals surface area (Å²) < 4.78 is 15.4. The molecule has 0 fully saturated rings. The molecule has 0 bridgehead atoms. The van der Waals surface area contributed by atoms with Crippen LogP contribution in [0.15, 0.2) is 66.7 Å². The molecule has 3 aromatic carbocycles. The summed E-state index contributed by atoms with van der Waals surface area (Å²) >= 11 is 5.99. The first kappa shape index (κ1) is 17.0. The fourth-order valence-corrected chi connectivity index (χ4v) is 3.35. The van der Waals surface area contributed by atoms with Crippen LogP contribution < -0.4 is 0 Å². The van der Waals surface area contributed by atoms with Crippen LogP contribution in [0, 0.1) is 0 Å². The molecule has 2 atom stereocenters. The van der Waals surface area contributed by atoms with Crippen molar-refractivity contribution in [1.29, 1.82) is 0 Å². The standard InChI is InChI=1S/C22H22ClF/c1-2-3-8-21(17-11-13-20(23)14-12-17)22(24)19-10-9-16-6-4-5-7-18(16)15-19/h4-7,9-15,21-22H,2-3,8H2,1H3. The van der Waals surface area contributed by atoms with Crippen LogP contribution in [0.2, 0.25) is 5.02 Å². The van der Waals surface area contributed by atoms with Crippen molar-refractivity contribution in [2.24, 2.45) is 0 Å². The highest BCUT2D eigenvalue weighted by Crippen LogP contribution is 2.39. The second kappa shape index (κ2) is 7.81. The van der Waals surface area contributed by atoms with Gasteiger partial charge in [-0.05, 0) is 46.5 Å². The first-order chi connectivity index (χ1) is 11.7. The average Bonchev–Trinajstić information content (AvgIpc) is 2.63. The molecule has 2 unspecified atom stereocenters. The molecule has 0 aliphatic rings. The van der Waals surface area contributed by atoms with E-state index in [9.17, 15) is 0 Å². The predicted molar refractivity (Wildman–Crippen MR) is 102 cm³/mol. The zero-order valence-electron chi connectivity index (χ0n) is 13.9. The van der Waals surface area contributed by atoms with Gasteiger partial charge in [-0.15, -0.1) is 0 Å². The number of hydrogen-bond donors (Lipinski definition) is 0. The summed E-state index contributed by atoms with van der Waals surface area (Å²) in [6.45, 7) is 2.14. The lowest BCUT2D eigenvalue weighted by Crippen LogP contribution is -2.08. The summed E-state index contributed by atoms with van der Waals surface area (Å²) in [5, 5.41) is 2.92. The molecule has 0 amide bonds. The van der Waals surface area contributed by atoms with E-state index in [2.05, 4.69) is 13.0 Å². The molecular formula is C22H22ClF. The quantitative estimate of drug-likeness (QED) is 0.436. The Hall–Kier alpha value is -1.86. The van der Waals surface area contributed by atoms with Crippen molar-refractivity contribution in [3.63, 3.8) is 0 Å². The molecule has 3 rings (SSSR count). The summed E-state index contributed by atoms with van der Waals surface area (Å²) in [6.07, 6.45) is 1.91. The fourth-order valence-electron chi connectivity index (χ4n) is 3.23. The SMILES string of the molecule is CCCCC(c1ccc(Cl)cc1)C(F)c1ccc2ccccc2c1. The predicted octanol–water partition coefficient (Wildman–Crippen LogP) is 7.48. The third kappa shape index (κ3) is 3.79. The molecule has 24 heavy (non-hydrogen) atoms. The summed E-state index contributed by atoms with van der Waals surface area (Å²) in [4.78, 5) is 0. The molecule has 3 aromatic rings. The first-order valence-electron chi connectivity index (χ1n) is 8.57. The number of unbranched alkanes of at least 4 members (excludes halogenated alkanes) is 1. The van der Waals surface area contributed by atoms with Gasteiger partial charge in [0.25, 0.3) is 0 Å². The van der Waals surface area contributed by atoms with E-state index in [0.29, 0.717) is 5.02 Å². The number of halogens is 2. The minimum atomic E-state index is -1.01. The van der Waals surface area contributed by atoms with Crippen molar-refractivity contribution in [1.82, 2.24) is 0 Å². The maximum atomic E-state index is 15.4. The van der Waals surface area contributed by atoms with E-state index >= 15 is 4.39 Å². The fraction of sp³-hybridized carbons (Fsp3) is 0.273. The Morgan fingerprint density at radius 3 is 2.25 bits per heavy atom. The molecule has 0 spiro atoms. The Morgan fingerprint density at radius 1 is 0.875 bits per heavy atom. The van der Waals surface area contributed by atoms with E-state index in [1.807, 2.05) is 60.7 Å². The van der Waals surface area contributed by atoms with Gasteiger partial charge in [0.05, 0.1) is 0 Å². The van der Waals surface area contributed by atoms with Crippen molar-refractivity contribution in [2.75, 3.05) is 0 Å². The van der Waals surface area contributed by atoms with E-state index in [-0.39, 0.29) is 5.92 Å². The van der Waals surface area contributed by atoms with Gasteiger partial charge in [-0.2, -0.15) is 0 Å². The molecular weight excluding hydrogens is 319 g/mol. The van der Waals surface area contributed by atoms with Crippen LogP contribution in [0.25, 0.3) is 10.8 Å². The summed E-state index contributed by atoms with van der Waals surface area (Å²) in [5.41, 5.74) is 1.78. The highest BCUT2D eigenvalue weighted by molar-refractivity contribution is 6.30. The molecule has 2 heteroatoms. The van der Waals surface area contributed by atoms with Gasteiger partial charge in [0.15, 0.2) is 0 Å². The number of benzene rings is 3. The minimum Gasteiger partial charge on any atom is -0.242 e. The monoisotopic (exact) mass is 340 g/mol. The van der Waals surface area contributed by atoms with E-state index in [0.717, 1.165) is 41.2 Å². The molecule has 0 N–H and O–H groups in total. The van der Waals surface area contributed by atoms with Gasteiger partial charge < -0.3 is 0 Å². The topological polar surface area (TPSA) is 0 Å². The third-order valence-electron chi connectivity index (χ3n) is 4.61.